The molecule has 1 aliphatic carbocycles. The molecule has 0 spiro atoms. The fraction of sp³-hybridized carbons (Fsp3) is 0.400. The third-order valence-corrected chi connectivity index (χ3v) is 6.24. The summed E-state index contributed by atoms with van der Waals surface area (Å²) in [6, 6.07) is 8.18. The molecule has 0 radical (unpaired) electrons. The molecular formula is C20H21N3O3S. The number of nitrogens with zero attached hydrogens (tertiary/aromatic N) is 2. The van der Waals surface area contributed by atoms with E-state index < -0.39 is 0 Å². The minimum atomic E-state index is -0.368. The summed E-state index contributed by atoms with van der Waals surface area (Å²) in [4.78, 5) is 44.0. The van der Waals surface area contributed by atoms with Gasteiger partial charge in [0.25, 0.3) is 0 Å². The smallest absolute Gasteiger partial charge is 0.226 e. The van der Waals surface area contributed by atoms with Crippen LogP contribution in [0.1, 0.15) is 46.3 Å². The molecule has 1 aromatic carbocycles. The van der Waals surface area contributed by atoms with Crippen LogP contribution in [0.3, 0.4) is 0 Å². The standard InChI is InChI=1S/C20H21N3O3S/c1-2-17(25)22-20-21-15-9-14(10-16(24)18(15)27-20)19(26)23-8-7-12-5-3-4-6-13(12)11-23/h3-6,14H,2,7-11H2,1H3,(H,21,22,25). The number of hydrogen-bond acceptors (Lipinski definition) is 5. The van der Waals surface area contributed by atoms with Crippen molar-refractivity contribution in [1.82, 2.24) is 9.88 Å². The molecule has 1 atom stereocenters. The van der Waals surface area contributed by atoms with E-state index in [9.17, 15) is 14.4 Å². The third-order valence-electron chi connectivity index (χ3n) is 5.18. The number of carbonyl (C=O) groups excluding carboxylic acids is 3. The lowest BCUT2D eigenvalue weighted by Gasteiger charge is -2.32. The van der Waals surface area contributed by atoms with Crippen LogP contribution in [-0.2, 0) is 29.0 Å². The van der Waals surface area contributed by atoms with Gasteiger partial charge in [-0.3, -0.25) is 14.4 Å². The number of nitrogens with one attached hydrogen (secondary N) is 1. The first-order valence-corrected chi connectivity index (χ1v) is 10.0. The van der Waals surface area contributed by atoms with Gasteiger partial charge in [-0.1, -0.05) is 42.5 Å². The first kappa shape index (κ1) is 17.9. The first-order valence-electron chi connectivity index (χ1n) is 9.23. The molecule has 140 valence electrons. The molecule has 0 saturated heterocycles. The Bertz CT molecular complexity index is 921. The Labute approximate surface area is 161 Å². The number of thiazole rings is 1. The molecule has 7 heteroatoms. The number of anilines is 1. The second-order valence-electron chi connectivity index (χ2n) is 7.00. The SMILES string of the molecule is CCC(=O)Nc1nc2c(s1)C(=O)CC(C(=O)N1CCc3ccccc3C1)C2. The van der Waals surface area contributed by atoms with Gasteiger partial charge in [-0.05, 0) is 17.5 Å². The van der Waals surface area contributed by atoms with Gasteiger partial charge in [-0.25, -0.2) is 4.98 Å². The number of amides is 2. The van der Waals surface area contributed by atoms with Gasteiger partial charge in [0.05, 0.1) is 16.5 Å². The average molecular weight is 383 g/mol. The van der Waals surface area contributed by atoms with Crippen molar-refractivity contribution in [3.63, 3.8) is 0 Å². The quantitative estimate of drug-likeness (QED) is 0.884. The van der Waals surface area contributed by atoms with E-state index in [1.807, 2.05) is 17.0 Å². The Hall–Kier alpha value is -2.54. The van der Waals surface area contributed by atoms with E-state index in [1.54, 1.807) is 6.92 Å². The lowest BCUT2D eigenvalue weighted by molar-refractivity contribution is -0.136. The lowest BCUT2D eigenvalue weighted by Crippen LogP contribution is -2.42. The minimum Gasteiger partial charge on any atom is -0.338 e. The molecule has 27 heavy (non-hydrogen) atoms. The molecule has 1 aromatic heterocycles. The van der Waals surface area contributed by atoms with Gasteiger partial charge in [0.1, 0.15) is 0 Å². The maximum atomic E-state index is 13.0. The second-order valence-corrected chi connectivity index (χ2v) is 8.00. The molecule has 2 aromatic rings. The van der Waals surface area contributed by atoms with Crippen molar-refractivity contribution in [3.8, 4) is 0 Å². The predicted molar refractivity (Wildman–Crippen MR) is 103 cm³/mol. The van der Waals surface area contributed by atoms with Crippen molar-refractivity contribution >= 4 is 34.1 Å². The summed E-state index contributed by atoms with van der Waals surface area (Å²) in [6.45, 7) is 3.04. The Kier molecular flexibility index (Phi) is 4.78. The van der Waals surface area contributed by atoms with E-state index in [0.717, 1.165) is 6.42 Å². The predicted octanol–water partition coefficient (Wildman–Crippen LogP) is 2.82. The van der Waals surface area contributed by atoms with E-state index in [1.165, 1.54) is 22.5 Å². The first-order chi connectivity index (χ1) is 13.0. The van der Waals surface area contributed by atoms with Crippen LogP contribution in [0, 0.1) is 5.92 Å². The molecule has 1 aliphatic heterocycles. The molecule has 4 rings (SSSR count). The summed E-state index contributed by atoms with van der Waals surface area (Å²) in [5.41, 5.74) is 3.11. The van der Waals surface area contributed by atoms with E-state index in [-0.39, 0.29) is 29.9 Å². The topological polar surface area (TPSA) is 79.4 Å². The van der Waals surface area contributed by atoms with Gasteiger partial charge in [0, 0.05) is 32.4 Å². The molecule has 2 aliphatic rings. The Morgan fingerprint density at radius 2 is 2.04 bits per heavy atom. The zero-order valence-corrected chi connectivity index (χ0v) is 16.0. The fourth-order valence-electron chi connectivity index (χ4n) is 3.71. The van der Waals surface area contributed by atoms with Gasteiger partial charge in [0.2, 0.25) is 11.8 Å². The van der Waals surface area contributed by atoms with Crippen LogP contribution in [-0.4, -0.2) is 34.0 Å². The largest absolute Gasteiger partial charge is 0.338 e. The monoisotopic (exact) mass is 383 g/mol. The average Bonchev–Trinajstić information content (AvgIpc) is 3.09. The van der Waals surface area contributed by atoms with Crippen molar-refractivity contribution in [2.24, 2.45) is 5.92 Å². The number of carbonyl (C=O) groups is 3. The Balaban J connectivity index is 1.49. The highest BCUT2D eigenvalue weighted by Crippen LogP contribution is 2.33. The van der Waals surface area contributed by atoms with Crippen molar-refractivity contribution in [2.75, 3.05) is 11.9 Å². The minimum absolute atomic E-state index is 0.0237. The maximum Gasteiger partial charge on any atom is 0.226 e. The number of aromatic nitrogens is 1. The molecule has 1 unspecified atom stereocenters. The number of hydrogen-bond donors (Lipinski definition) is 1. The van der Waals surface area contributed by atoms with E-state index in [4.69, 9.17) is 0 Å². The summed E-state index contributed by atoms with van der Waals surface area (Å²) in [5, 5.41) is 3.15. The molecule has 1 N–H and O–H groups in total. The highest BCUT2D eigenvalue weighted by molar-refractivity contribution is 7.17. The van der Waals surface area contributed by atoms with Crippen molar-refractivity contribution in [2.45, 2.75) is 39.2 Å². The Morgan fingerprint density at radius 1 is 1.26 bits per heavy atom. The highest BCUT2D eigenvalue weighted by Gasteiger charge is 2.36. The van der Waals surface area contributed by atoms with Gasteiger partial charge in [-0.2, -0.15) is 0 Å². The third kappa shape index (κ3) is 3.51. The number of ketones is 1. The van der Waals surface area contributed by atoms with Crippen molar-refractivity contribution in [3.05, 3.63) is 46.0 Å². The number of benzene rings is 1. The number of Topliss-reactive ketones (excluding diaryl/α,β-unsaturated/α-hetero) is 1. The summed E-state index contributed by atoms with van der Waals surface area (Å²) in [5.74, 6) is -0.530. The maximum absolute atomic E-state index is 13.0. The van der Waals surface area contributed by atoms with Crippen LogP contribution in [0.5, 0.6) is 0 Å². The molecule has 2 amide bonds. The summed E-state index contributed by atoms with van der Waals surface area (Å²) < 4.78 is 0. The van der Waals surface area contributed by atoms with Crippen LogP contribution in [0.15, 0.2) is 24.3 Å². The van der Waals surface area contributed by atoms with Crippen molar-refractivity contribution < 1.29 is 14.4 Å². The number of fused-ring (bicyclic) bond motifs is 2. The van der Waals surface area contributed by atoms with Crippen LogP contribution in [0.25, 0.3) is 0 Å². The van der Waals surface area contributed by atoms with Gasteiger partial charge in [0.15, 0.2) is 10.9 Å². The zero-order valence-electron chi connectivity index (χ0n) is 15.2. The van der Waals surface area contributed by atoms with Gasteiger partial charge in [-0.15, -0.1) is 0 Å². The molecule has 2 heterocycles. The lowest BCUT2D eigenvalue weighted by atomic mass is 9.88. The van der Waals surface area contributed by atoms with E-state index in [0.29, 0.717) is 41.6 Å². The second kappa shape index (κ2) is 7.23. The molecule has 6 nitrogen and oxygen atoms in total. The molecule has 0 saturated carbocycles. The van der Waals surface area contributed by atoms with Crippen LogP contribution < -0.4 is 5.32 Å². The van der Waals surface area contributed by atoms with E-state index in [2.05, 4.69) is 22.4 Å². The summed E-state index contributed by atoms with van der Waals surface area (Å²) in [6.07, 6.45) is 1.87. The zero-order chi connectivity index (χ0) is 19.0. The fourth-order valence-corrected chi connectivity index (χ4v) is 4.67. The van der Waals surface area contributed by atoms with Crippen LogP contribution >= 0.6 is 11.3 Å². The molecule has 0 bridgehead atoms. The van der Waals surface area contributed by atoms with Crippen LogP contribution in [0.4, 0.5) is 5.13 Å². The van der Waals surface area contributed by atoms with Crippen molar-refractivity contribution in [1.29, 1.82) is 0 Å². The normalized spacial score (nSPS) is 18.6. The highest BCUT2D eigenvalue weighted by atomic mass is 32.1. The van der Waals surface area contributed by atoms with Gasteiger partial charge < -0.3 is 10.2 Å². The molecular weight excluding hydrogens is 362 g/mol. The van der Waals surface area contributed by atoms with E-state index >= 15 is 0 Å². The Morgan fingerprint density at radius 3 is 2.81 bits per heavy atom. The van der Waals surface area contributed by atoms with Gasteiger partial charge >= 0.3 is 0 Å². The summed E-state index contributed by atoms with van der Waals surface area (Å²) in [7, 11) is 0. The molecule has 0 fully saturated rings. The van der Waals surface area contributed by atoms with Crippen LogP contribution in [0.2, 0.25) is 0 Å². The number of rotatable bonds is 3. The summed E-state index contributed by atoms with van der Waals surface area (Å²) >= 11 is 1.21.